The second-order valence-electron chi connectivity index (χ2n) is 16.0. The van der Waals surface area contributed by atoms with Gasteiger partial charge in [0.1, 0.15) is 6.15 Å². The number of rotatable bonds is 7. The Balaban J connectivity index is 0.000000520. The normalized spacial score (nSPS) is 13.4. The summed E-state index contributed by atoms with van der Waals surface area (Å²) in [5.41, 5.74) is -28.2. The number of carbonyl (C=O) groups excluding carboxylic acids is 1. The number of Topliss-reactive ketones (excluding diaryl/α,β-unsaturated/α-hetero) is 1. The van der Waals surface area contributed by atoms with Crippen LogP contribution in [0, 0.1) is 0 Å². The third-order valence-electron chi connectivity index (χ3n) is 10.9. The van der Waals surface area contributed by atoms with Crippen LogP contribution in [0.1, 0.15) is 67.4 Å². The van der Waals surface area contributed by atoms with Crippen molar-refractivity contribution in [2.75, 3.05) is 0 Å². The molecule has 0 saturated heterocycles. The van der Waals surface area contributed by atoms with Gasteiger partial charge in [-0.15, -0.1) is 0 Å². The fraction of sp³-hybridized carbons (Fsp3) is 0.217. The van der Waals surface area contributed by atoms with E-state index in [0.29, 0.717) is 0 Å². The van der Waals surface area contributed by atoms with Crippen LogP contribution in [0.5, 0.6) is 0 Å². The highest BCUT2D eigenvalue weighted by molar-refractivity contribution is 7.20. The van der Waals surface area contributed by atoms with Gasteiger partial charge in [0.05, 0.1) is 44.5 Å². The SMILES string of the molecule is CC(=O)c1ccc(C[n+]2ccccc2)cc1.FC(F)(F)c1cc([B-](c2cc(C(F)(F)F)cc(C(F)(F)F)c2)(c2cc(C(F)(F)F)cc(C(F)(F)F)c2)c2cc(C(F)(F)F)cc(C(F)(F)F)c2)cc(C(F)(F)F)c1. The molecule has 6 aromatic rings. The molecule has 5 aromatic carbocycles. The zero-order valence-corrected chi connectivity index (χ0v) is 35.8. The molecule has 0 N–H and O–H groups in total. The van der Waals surface area contributed by atoms with E-state index in [4.69, 9.17) is 0 Å². The maximum absolute atomic E-state index is 14.2. The molecule has 0 amide bonds. The third kappa shape index (κ3) is 13.5. The smallest absolute Gasteiger partial charge is 0.295 e. The van der Waals surface area contributed by atoms with Crippen LogP contribution >= 0.6 is 0 Å². The van der Waals surface area contributed by atoms with Gasteiger partial charge in [0, 0.05) is 23.3 Å². The van der Waals surface area contributed by atoms with Crippen molar-refractivity contribution in [2.45, 2.75) is 62.9 Å². The van der Waals surface area contributed by atoms with Gasteiger partial charge in [-0.05, 0) is 31.2 Å². The van der Waals surface area contributed by atoms with Gasteiger partial charge >= 0.3 is 49.4 Å². The summed E-state index contributed by atoms with van der Waals surface area (Å²) in [7, 11) is 0. The summed E-state index contributed by atoms with van der Waals surface area (Å²) in [6.45, 7) is 2.42. The monoisotopic (exact) mass is 1080 g/mol. The van der Waals surface area contributed by atoms with Gasteiger partial charge in [-0.3, -0.25) is 4.79 Å². The number of ketones is 1. The second-order valence-corrected chi connectivity index (χ2v) is 16.0. The molecule has 73 heavy (non-hydrogen) atoms. The summed E-state index contributed by atoms with van der Waals surface area (Å²) >= 11 is 0. The molecule has 0 saturated carbocycles. The van der Waals surface area contributed by atoms with Gasteiger partial charge < -0.3 is 0 Å². The highest BCUT2D eigenvalue weighted by Gasteiger charge is 2.47. The Kier molecular flexibility index (Phi) is 15.4. The van der Waals surface area contributed by atoms with Crippen molar-refractivity contribution in [3.63, 3.8) is 0 Å². The maximum atomic E-state index is 14.2. The van der Waals surface area contributed by atoms with Crippen LogP contribution in [0.25, 0.3) is 0 Å². The number of pyridine rings is 1. The Morgan fingerprint density at radius 3 is 0.767 bits per heavy atom. The summed E-state index contributed by atoms with van der Waals surface area (Å²) in [4.78, 5) is 11.1. The zero-order valence-electron chi connectivity index (χ0n) is 35.8. The van der Waals surface area contributed by atoms with Crippen molar-refractivity contribution >= 4 is 33.8 Å². The molecule has 0 unspecified atom stereocenters. The standard InChI is InChI=1S/C32H12BF24.C14H14NO/c34-25(35,36)13-1-14(26(37,38)39)6-21(5-13)33(22-7-15(27(40,41)42)2-16(8-22)28(43,44)45,23-9-17(29(46,47)48)3-18(10-23)30(49,50)51)24-11-19(31(52,53)54)4-20(12-24)32(55,56)57;1-12(16)14-7-5-13(6-8-14)11-15-9-3-2-4-10-15/h1-12H;2-10H,11H2,1H3/q-1;+1. The van der Waals surface area contributed by atoms with Crippen molar-refractivity contribution in [1.82, 2.24) is 0 Å². The minimum atomic E-state index is -6.13. The van der Waals surface area contributed by atoms with E-state index < -0.39 is 195 Å². The fourth-order valence-corrected chi connectivity index (χ4v) is 7.67. The third-order valence-corrected chi connectivity index (χ3v) is 10.9. The maximum Gasteiger partial charge on any atom is 0.416 e. The van der Waals surface area contributed by atoms with Crippen LogP contribution in [0.2, 0.25) is 0 Å². The van der Waals surface area contributed by atoms with Crippen molar-refractivity contribution in [3.05, 3.63) is 183 Å². The molecule has 0 aliphatic rings. The van der Waals surface area contributed by atoms with Gasteiger partial charge in [-0.1, -0.05) is 78.9 Å². The number of benzene rings is 5. The van der Waals surface area contributed by atoms with Gasteiger partial charge in [-0.2, -0.15) is 127 Å². The molecule has 0 atom stereocenters. The molecule has 0 spiro atoms. The average molecular weight is 1080 g/mol. The van der Waals surface area contributed by atoms with Crippen molar-refractivity contribution in [2.24, 2.45) is 0 Å². The van der Waals surface area contributed by atoms with Gasteiger partial charge in [0.15, 0.2) is 24.7 Å². The minimum absolute atomic E-state index is 0.110. The predicted molar refractivity (Wildman–Crippen MR) is 212 cm³/mol. The molecular formula is C46H26BF24NO. The average Bonchev–Trinajstić information content (AvgIpc) is 3.25. The molecule has 0 fully saturated rings. The van der Waals surface area contributed by atoms with Gasteiger partial charge in [0.2, 0.25) is 0 Å². The van der Waals surface area contributed by atoms with Crippen LogP contribution in [0.4, 0.5) is 105 Å². The van der Waals surface area contributed by atoms with Crippen molar-refractivity contribution < 1.29 is 115 Å². The molecule has 2 nitrogen and oxygen atoms in total. The Hall–Kier alpha value is -6.70. The zero-order chi connectivity index (χ0) is 55.3. The lowest BCUT2D eigenvalue weighted by Gasteiger charge is -2.46. The lowest BCUT2D eigenvalue weighted by atomic mass is 9.12. The molecule has 0 radical (unpaired) electrons. The Bertz CT molecular complexity index is 2500. The lowest BCUT2D eigenvalue weighted by Crippen LogP contribution is -2.75. The van der Waals surface area contributed by atoms with E-state index in [9.17, 15) is 110 Å². The fourth-order valence-electron chi connectivity index (χ4n) is 7.67. The van der Waals surface area contributed by atoms with E-state index in [2.05, 4.69) is 4.57 Å². The number of carbonyl (C=O) groups is 1. The van der Waals surface area contributed by atoms with Crippen LogP contribution in [-0.2, 0) is 56.0 Å². The number of hydrogen-bond donors (Lipinski definition) is 0. The molecular weight excluding hydrogens is 1050 g/mol. The van der Waals surface area contributed by atoms with Crippen molar-refractivity contribution in [3.8, 4) is 0 Å². The summed E-state index contributed by atoms with van der Waals surface area (Å²) in [5, 5.41) is 0. The van der Waals surface area contributed by atoms with Gasteiger partial charge in [-0.25, -0.2) is 4.57 Å². The van der Waals surface area contributed by atoms with E-state index in [1.54, 1.807) is 6.92 Å². The second kappa shape index (κ2) is 19.6. The molecule has 1 aromatic heterocycles. The van der Waals surface area contributed by atoms with Gasteiger partial charge in [0.25, 0.3) is 0 Å². The number of aromatic nitrogens is 1. The number of nitrogens with zero attached hydrogens (tertiary/aromatic N) is 1. The number of halogens is 24. The Morgan fingerprint density at radius 1 is 0.356 bits per heavy atom. The first-order valence-electron chi connectivity index (χ1n) is 19.9. The lowest BCUT2D eigenvalue weighted by molar-refractivity contribution is -0.688. The number of hydrogen-bond acceptors (Lipinski definition) is 1. The Labute approximate surface area is 394 Å². The van der Waals surface area contributed by atoms with Crippen LogP contribution in [-0.4, -0.2) is 11.9 Å². The Morgan fingerprint density at radius 2 is 0.575 bits per heavy atom. The van der Waals surface area contributed by atoms with Crippen LogP contribution < -0.4 is 26.4 Å². The predicted octanol–water partition coefficient (Wildman–Crippen LogP) is 13.4. The van der Waals surface area contributed by atoms with Crippen LogP contribution in [0.15, 0.2) is 128 Å². The quantitative estimate of drug-likeness (QED) is 0.0675. The summed E-state index contributed by atoms with van der Waals surface area (Å²) in [5.74, 6) is 0.110. The molecule has 0 bridgehead atoms. The topological polar surface area (TPSA) is 20.9 Å². The summed E-state index contributed by atoms with van der Waals surface area (Å²) < 4.78 is 343. The van der Waals surface area contributed by atoms with E-state index in [1.165, 1.54) is 5.56 Å². The number of alkyl halides is 24. The van der Waals surface area contributed by atoms with E-state index >= 15 is 0 Å². The highest BCUT2D eigenvalue weighted by Crippen LogP contribution is 2.41. The van der Waals surface area contributed by atoms with Crippen molar-refractivity contribution in [1.29, 1.82) is 0 Å². The van der Waals surface area contributed by atoms with E-state index in [0.717, 1.165) is 12.1 Å². The first-order chi connectivity index (χ1) is 33.0. The van der Waals surface area contributed by atoms with E-state index in [1.807, 2.05) is 54.9 Å². The minimum Gasteiger partial charge on any atom is -0.295 e. The summed E-state index contributed by atoms with van der Waals surface area (Å²) in [6.07, 6.45) is -50.8. The van der Waals surface area contributed by atoms with Crippen LogP contribution in [0.3, 0.4) is 0 Å². The highest BCUT2D eigenvalue weighted by atomic mass is 19.4. The molecule has 27 heteroatoms. The van der Waals surface area contributed by atoms with E-state index in [-0.39, 0.29) is 5.78 Å². The molecule has 392 valence electrons. The molecule has 6 rings (SSSR count). The first kappa shape index (κ1) is 57.2. The molecule has 0 aliphatic carbocycles. The molecule has 1 heterocycles. The first-order valence-corrected chi connectivity index (χ1v) is 19.9. The largest absolute Gasteiger partial charge is 0.416 e. The summed E-state index contributed by atoms with van der Waals surface area (Å²) in [6, 6.07) is 4.94. The molecule has 0 aliphatic heterocycles.